The minimum Gasteiger partial charge on any atom is -0.424 e. The van der Waals surface area contributed by atoms with E-state index in [1.807, 2.05) is 49.4 Å². The molecule has 4 heteroatoms. The molecular weight excluding hydrogens is 355 g/mol. The molecule has 0 amide bonds. The van der Waals surface area contributed by atoms with E-state index in [4.69, 9.17) is 9.05 Å². The molecule has 0 spiro atoms. The Labute approximate surface area is 165 Å². The fourth-order valence-corrected chi connectivity index (χ4v) is 5.11. The van der Waals surface area contributed by atoms with E-state index in [0.717, 1.165) is 23.6 Å². The third-order valence-corrected chi connectivity index (χ3v) is 6.84. The topological polar surface area (TPSA) is 35.5 Å². The van der Waals surface area contributed by atoms with Crippen LogP contribution in [0, 0.1) is 0 Å². The van der Waals surface area contributed by atoms with Crippen molar-refractivity contribution in [1.82, 2.24) is 0 Å². The quantitative estimate of drug-likeness (QED) is 0.242. The minimum atomic E-state index is -3.12. The Morgan fingerprint density at radius 3 is 2.11 bits per heavy atom. The van der Waals surface area contributed by atoms with Crippen LogP contribution in [0.5, 0.6) is 5.75 Å². The zero-order valence-corrected chi connectivity index (χ0v) is 17.9. The van der Waals surface area contributed by atoms with Gasteiger partial charge in [0, 0.05) is 5.39 Å². The van der Waals surface area contributed by atoms with Gasteiger partial charge in [0.2, 0.25) is 0 Å². The molecular formula is C23H35O3P. The van der Waals surface area contributed by atoms with Gasteiger partial charge >= 0.3 is 7.60 Å². The summed E-state index contributed by atoms with van der Waals surface area (Å²) >= 11 is 0. The fraction of sp³-hybridized carbons (Fsp3) is 0.565. The van der Waals surface area contributed by atoms with E-state index in [1.54, 1.807) is 0 Å². The van der Waals surface area contributed by atoms with Gasteiger partial charge in [-0.2, -0.15) is 0 Å². The van der Waals surface area contributed by atoms with Gasteiger partial charge in [-0.05, 0) is 24.8 Å². The molecule has 0 heterocycles. The van der Waals surface area contributed by atoms with E-state index in [2.05, 4.69) is 6.92 Å². The Morgan fingerprint density at radius 1 is 0.778 bits per heavy atom. The molecule has 27 heavy (non-hydrogen) atoms. The van der Waals surface area contributed by atoms with Crippen molar-refractivity contribution in [2.75, 3.05) is 12.8 Å². The fourth-order valence-electron chi connectivity index (χ4n) is 3.37. The Kier molecular flexibility index (Phi) is 9.94. The van der Waals surface area contributed by atoms with Crippen LogP contribution in [-0.4, -0.2) is 12.8 Å². The van der Waals surface area contributed by atoms with Crippen LogP contribution in [0.25, 0.3) is 10.8 Å². The van der Waals surface area contributed by atoms with Gasteiger partial charge in [-0.25, -0.2) is 4.57 Å². The maximum atomic E-state index is 13.2. The predicted molar refractivity (Wildman–Crippen MR) is 116 cm³/mol. The number of unbranched alkanes of at least 4 members (excludes halogenated alkanes) is 8. The summed E-state index contributed by atoms with van der Waals surface area (Å²) in [6, 6.07) is 13.9. The Bertz CT molecular complexity index is 708. The van der Waals surface area contributed by atoms with Crippen molar-refractivity contribution in [2.24, 2.45) is 0 Å². The number of hydrogen-bond acceptors (Lipinski definition) is 3. The van der Waals surface area contributed by atoms with Crippen LogP contribution in [0.3, 0.4) is 0 Å². The van der Waals surface area contributed by atoms with Crippen molar-refractivity contribution in [2.45, 2.75) is 71.6 Å². The third kappa shape index (κ3) is 7.68. The number of rotatable bonds is 14. The molecule has 0 N–H and O–H groups in total. The van der Waals surface area contributed by atoms with Crippen LogP contribution in [-0.2, 0) is 9.09 Å². The highest BCUT2D eigenvalue weighted by Gasteiger charge is 2.25. The van der Waals surface area contributed by atoms with Crippen LogP contribution in [0.2, 0.25) is 0 Å². The molecule has 0 bridgehead atoms. The van der Waals surface area contributed by atoms with Crippen LogP contribution in [0.15, 0.2) is 42.5 Å². The standard InChI is InChI=1S/C23H35O3P/c1-3-5-6-7-8-9-10-11-14-20-27(24,25-4-2)26-23-19-15-17-21-16-12-13-18-22(21)23/h12-13,15-19H,3-11,14,20H2,1-2H3. The number of fused-ring (bicyclic) bond motifs is 1. The van der Waals surface area contributed by atoms with E-state index in [1.165, 1.54) is 44.9 Å². The third-order valence-electron chi connectivity index (χ3n) is 4.85. The lowest BCUT2D eigenvalue weighted by Gasteiger charge is -2.19. The van der Waals surface area contributed by atoms with Gasteiger partial charge in [-0.15, -0.1) is 0 Å². The molecule has 0 aliphatic heterocycles. The molecule has 3 nitrogen and oxygen atoms in total. The van der Waals surface area contributed by atoms with E-state index in [9.17, 15) is 4.57 Å². The van der Waals surface area contributed by atoms with Crippen molar-refractivity contribution in [3.63, 3.8) is 0 Å². The van der Waals surface area contributed by atoms with Crippen molar-refractivity contribution in [1.29, 1.82) is 0 Å². The molecule has 0 saturated heterocycles. The summed E-state index contributed by atoms with van der Waals surface area (Å²) < 4.78 is 24.7. The zero-order chi connectivity index (χ0) is 19.4. The Hall–Kier alpha value is -1.31. The molecule has 0 aliphatic rings. The minimum absolute atomic E-state index is 0.402. The normalized spacial score (nSPS) is 13.6. The molecule has 0 radical (unpaired) electrons. The lowest BCUT2D eigenvalue weighted by atomic mass is 10.1. The Morgan fingerprint density at radius 2 is 1.41 bits per heavy atom. The van der Waals surface area contributed by atoms with E-state index in [-0.39, 0.29) is 0 Å². The summed E-state index contributed by atoms with van der Waals surface area (Å²) in [5, 5.41) is 2.06. The van der Waals surface area contributed by atoms with Crippen LogP contribution in [0.1, 0.15) is 71.6 Å². The second-order valence-corrected chi connectivity index (χ2v) is 9.26. The van der Waals surface area contributed by atoms with Crippen LogP contribution < -0.4 is 4.52 Å². The van der Waals surface area contributed by atoms with E-state index >= 15 is 0 Å². The summed E-state index contributed by atoms with van der Waals surface area (Å²) in [6.07, 6.45) is 11.6. The van der Waals surface area contributed by atoms with Crippen molar-refractivity contribution in [3.05, 3.63) is 42.5 Å². The van der Waals surface area contributed by atoms with E-state index in [0.29, 0.717) is 18.5 Å². The molecule has 0 fully saturated rings. The average Bonchev–Trinajstić information content (AvgIpc) is 2.67. The van der Waals surface area contributed by atoms with Gasteiger partial charge in [-0.1, -0.05) is 94.7 Å². The lowest BCUT2D eigenvalue weighted by Crippen LogP contribution is -2.03. The van der Waals surface area contributed by atoms with Gasteiger partial charge in [0.15, 0.2) is 0 Å². The number of benzene rings is 2. The Balaban J connectivity index is 1.83. The highest BCUT2D eigenvalue weighted by Crippen LogP contribution is 2.50. The lowest BCUT2D eigenvalue weighted by molar-refractivity contribution is 0.279. The first-order chi connectivity index (χ1) is 13.2. The largest absolute Gasteiger partial charge is 0.424 e. The maximum Gasteiger partial charge on any atom is 0.379 e. The molecule has 0 aromatic heterocycles. The first kappa shape index (κ1) is 22.0. The molecule has 0 saturated carbocycles. The first-order valence-corrected chi connectivity index (χ1v) is 12.3. The second kappa shape index (κ2) is 12.2. The molecule has 2 aromatic rings. The van der Waals surface area contributed by atoms with Gasteiger partial charge < -0.3 is 9.05 Å². The summed E-state index contributed by atoms with van der Waals surface area (Å²) in [4.78, 5) is 0. The summed E-state index contributed by atoms with van der Waals surface area (Å²) in [5.41, 5.74) is 0. The van der Waals surface area contributed by atoms with Gasteiger partial charge in [0.05, 0.1) is 12.8 Å². The van der Waals surface area contributed by atoms with Crippen LogP contribution >= 0.6 is 7.60 Å². The van der Waals surface area contributed by atoms with E-state index < -0.39 is 7.60 Å². The molecule has 150 valence electrons. The highest BCUT2D eigenvalue weighted by molar-refractivity contribution is 7.54. The average molecular weight is 391 g/mol. The predicted octanol–water partition coefficient (Wildman–Crippen LogP) is 7.98. The number of hydrogen-bond donors (Lipinski definition) is 0. The summed E-state index contributed by atoms with van der Waals surface area (Å²) in [7, 11) is -3.12. The van der Waals surface area contributed by atoms with Crippen molar-refractivity contribution in [3.8, 4) is 5.75 Å². The first-order valence-electron chi connectivity index (χ1n) is 10.6. The zero-order valence-electron chi connectivity index (χ0n) is 17.0. The van der Waals surface area contributed by atoms with Gasteiger partial charge in [-0.3, -0.25) is 0 Å². The van der Waals surface area contributed by atoms with Gasteiger partial charge in [0.25, 0.3) is 0 Å². The monoisotopic (exact) mass is 390 g/mol. The van der Waals surface area contributed by atoms with Crippen LogP contribution in [0.4, 0.5) is 0 Å². The molecule has 1 unspecified atom stereocenters. The van der Waals surface area contributed by atoms with Crippen molar-refractivity contribution >= 4 is 18.4 Å². The maximum absolute atomic E-state index is 13.2. The highest BCUT2D eigenvalue weighted by atomic mass is 31.2. The molecule has 2 rings (SSSR count). The SMILES string of the molecule is CCCCCCCCCCCP(=O)(OCC)Oc1cccc2ccccc12. The molecule has 2 aromatic carbocycles. The van der Waals surface area contributed by atoms with Gasteiger partial charge in [0.1, 0.15) is 5.75 Å². The smallest absolute Gasteiger partial charge is 0.379 e. The summed E-state index contributed by atoms with van der Waals surface area (Å²) in [5.74, 6) is 0.654. The van der Waals surface area contributed by atoms with Crippen molar-refractivity contribution < 1.29 is 13.6 Å². The summed E-state index contributed by atoms with van der Waals surface area (Å²) in [6.45, 7) is 4.52. The molecule has 1 atom stereocenters. The molecule has 0 aliphatic carbocycles. The second-order valence-electron chi connectivity index (χ2n) is 7.15.